The Balaban J connectivity index is 1.10. The predicted molar refractivity (Wildman–Crippen MR) is 274 cm³/mol. The molecule has 3 nitrogen and oxygen atoms in total. The number of benzene rings is 10. The zero-order chi connectivity index (χ0) is 44.4. The Bertz CT molecular complexity index is 3790. The van der Waals surface area contributed by atoms with E-state index in [9.17, 15) is 0 Å². The lowest BCUT2D eigenvalue weighted by Gasteiger charge is -2.40. The van der Waals surface area contributed by atoms with Crippen LogP contribution in [0.15, 0.2) is 229 Å². The molecular weight excluding hydrogens is 815 g/mol. The molecule has 0 saturated heterocycles. The molecule has 2 aliphatic carbocycles. The molecule has 1 aliphatic heterocycles. The SMILES string of the molecule is CC1(C)c2ccccc2-c2ccc(N(c3ccc4c(c3)C3(c5ccccc5O4)c4ccccc4-c4ccccc43)c3cccc(-c4ccccc4)c3-c3cccc4oc5ccccc5c34)cc21. The Morgan fingerprint density at radius 3 is 1.69 bits per heavy atom. The van der Waals surface area contributed by atoms with Crippen molar-refractivity contribution in [3.63, 3.8) is 0 Å². The summed E-state index contributed by atoms with van der Waals surface area (Å²) in [6.45, 7) is 4.73. The lowest BCUT2D eigenvalue weighted by atomic mass is 9.66. The van der Waals surface area contributed by atoms with Crippen LogP contribution < -0.4 is 9.64 Å². The Kier molecular flexibility index (Phi) is 7.95. The van der Waals surface area contributed by atoms with E-state index < -0.39 is 5.41 Å². The summed E-state index contributed by atoms with van der Waals surface area (Å²) in [5, 5.41) is 2.19. The van der Waals surface area contributed by atoms with Gasteiger partial charge in [-0.2, -0.15) is 0 Å². The number of furan rings is 1. The van der Waals surface area contributed by atoms with E-state index in [1.807, 2.05) is 0 Å². The van der Waals surface area contributed by atoms with Gasteiger partial charge in [0.25, 0.3) is 0 Å². The Labute approximate surface area is 389 Å². The second-order valence-corrected chi connectivity index (χ2v) is 18.7. The number of nitrogens with zero attached hydrogens (tertiary/aromatic N) is 1. The minimum absolute atomic E-state index is 0.210. The highest BCUT2D eigenvalue weighted by atomic mass is 16.5. The Morgan fingerprint density at radius 2 is 0.910 bits per heavy atom. The average molecular weight is 858 g/mol. The van der Waals surface area contributed by atoms with E-state index in [1.54, 1.807) is 0 Å². The van der Waals surface area contributed by atoms with Crippen LogP contribution in [0.3, 0.4) is 0 Å². The van der Waals surface area contributed by atoms with Crippen molar-refractivity contribution in [3.8, 4) is 56.0 Å². The number of ether oxygens (including phenoxy) is 1. The predicted octanol–water partition coefficient (Wildman–Crippen LogP) is 17.2. The number of rotatable bonds is 5. The van der Waals surface area contributed by atoms with Crippen LogP contribution in [-0.2, 0) is 10.8 Å². The molecule has 1 spiro atoms. The molecule has 0 radical (unpaired) electrons. The van der Waals surface area contributed by atoms with Crippen LogP contribution in [0.4, 0.5) is 17.1 Å². The van der Waals surface area contributed by atoms with Crippen LogP contribution in [0.5, 0.6) is 11.5 Å². The molecule has 67 heavy (non-hydrogen) atoms. The number of para-hydroxylation sites is 2. The Morgan fingerprint density at radius 1 is 0.373 bits per heavy atom. The highest BCUT2D eigenvalue weighted by molar-refractivity contribution is 6.16. The molecule has 316 valence electrons. The first-order valence-electron chi connectivity index (χ1n) is 23.2. The average Bonchev–Trinajstić information content (AvgIpc) is 3.99. The van der Waals surface area contributed by atoms with Crippen molar-refractivity contribution >= 4 is 39.0 Å². The van der Waals surface area contributed by atoms with Crippen molar-refractivity contribution in [2.75, 3.05) is 4.90 Å². The van der Waals surface area contributed by atoms with Gasteiger partial charge in [0.2, 0.25) is 0 Å². The fraction of sp³-hybridized carbons (Fsp3) is 0.0625. The topological polar surface area (TPSA) is 25.6 Å². The molecular formula is C64H43NO2. The highest BCUT2D eigenvalue weighted by Gasteiger charge is 2.51. The van der Waals surface area contributed by atoms with Crippen molar-refractivity contribution < 1.29 is 9.15 Å². The normalized spacial score (nSPS) is 14.2. The monoisotopic (exact) mass is 857 g/mol. The van der Waals surface area contributed by atoms with Crippen molar-refractivity contribution in [1.82, 2.24) is 0 Å². The van der Waals surface area contributed by atoms with E-state index in [1.165, 1.54) is 44.5 Å². The van der Waals surface area contributed by atoms with E-state index in [0.29, 0.717) is 0 Å². The van der Waals surface area contributed by atoms with Gasteiger partial charge < -0.3 is 14.1 Å². The highest BCUT2D eigenvalue weighted by Crippen LogP contribution is 2.63. The molecule has 0 bridgehead atoms. The molecule has 0 amide bonds. The zero-order valence-corrected chi connectivity index (χ0v) is 37.1. The van der Waals surface area contributed by atoms with E-state index in [-0.39, 0.29) is 5.41 Å². The summed E-state index contributed by atoms with van der Waals surface area (Å²) in [4.78, 5) is 2.50. The standard InChI is InChI=1S/C64H43NO2/c1-63(2)50-26-10-6-20-44(50)47-36-34-41(38-54(47)63)65(56-30-16-24-43(40-18-4-3-5-19-40)61(56)49-25-17-33-60-62(49)48-23-9-14-31-57(48)66-60)42-35-37-59-55(39-42)64(53-29-13-15-32-58(53)67-59)51-27-11-7-21-45(51)46-22-8-12-28-52(46)64/h3-39H,1-2H3. The molecule has 10 aromatic carbocycles. The summed E-state index contributed by atoms with van der Waals surface area (Å²) in [5.74, 6) is 1.73. The van der Waals surface area contributed by atoms with Gasteiger partial charge in [0.1, 0.15) is 22.7 Å². The van der Waals surface area contributed by atoms with Crippen LogP contribution in [0, 0.1) is 0 Å². The van der Waals surface area contributed by atoms with Gasteiger partial charge in [-0.3, -0.25) is 0 Å². The lowest BCUT2D eigenvalue weighted by Crippen LogP contribution is -2.32. The number of anilines is 3. The Hall–Kier alpha value is -8.40. The van der Waals surface area contributed by atoms with Crippen LogP contribution in [0.2, 0.25) is 0 Å². The van der Waals surface area contributed by atoms with E-state index in [2.05, 4.69) is 243 Å². The van der Waals surface area contributed by atoms with Gasteiger partial charge in [0.15, 0.2) is 0 Å². The molecule has 14 rings (SSSR count). The summed E-state index contributed by atoms with van der Waals surface area (Å²) in [5.41, 5.74) is 21.1. The van der Waals surface area contributed by atoms with E-state index in [0.717, 1.165) is 83.9 Å². The van der Waals surface area contributed by atoms with Gasteiger partial charge >= 0.3 is 0 Å². The maximum Gasteiger partial charge on any atom is 0.136 e. The summed E-state index contributed by atoms with van der Waals surface area (Å²) < 4.78 is 13.6. The van der Waals surface area contributed by atoms with Gasteiger partial charge in [0, 0.05) is 44.3 Å². The van der Waals surface area contributed by atoms with Gasteiger partial charge in [-0.1, -0.05) is 184 Å². The first kappa shape index (κ1) is 37.9. The molecule has 0 saturated carbocycles. The second-order valence-electron chi connectivity index (χ2n) is 18.7. The first-order chi connectivity index (χ1) is 33.0. The second kappa shape index (κ2) is 14.1. The molecule has 0 N–H and O–H groups in total. The van der Waals surface area contributed by atoms with Crippen LogP contribution in [0.1, 0.15) is 47.2 Å². The number of hydrogen-bond donors (Lipinski definition) is 0. The van der Waals surface area contributed by atoms with Crippen LogP contribution in [0.25, 0.3) is 66.4 Å². The first-order valence-corrected chi connectivity index (χ1v) is 23.2. The maximum atomic E-state index is 6.99. The molecule has 3 heteroatoms. The van der Waals surface area contributed by atoms with Crippen LogP contribution >= 0.6 is 0 Å². The minimum atomic E-state index is -0.628. The minimum Gasteiger partial charge on any atom is -0.457 e. The fourth-order valence-electron chi connectivity index (χ4n) is 12.1. The van der Waals surface area contributed by atoms with Crippen molar-refractivity contribution in [2.45, 2.75) is 24.7 Å². The third-order valence-corrected chi connectivity index (χ3v) is 15.0. The summed E-state index contributed by atoms with van der Waals surface area (Å²) in [6, 6.07) is 82.0. The van der Waals surface area contributed by atoms with Gasteiger partial charge in [-0.25, -0.2) is 0 Å². The molecule has 0 atom stereocenters. The number of fused-ring (bicyclic) bond motifs is 15. The van der Waals surface area contributed by atoms with Crippen molar-refractivity contribution in [3.05, 3.63) is 258 Å². The lowest BCUT2D eigenvalue weighted by molar-refractivity contribution is 0.436. The third kappa shape index (κ3) is 5.23. The summed E-state index contributed by atoms with van der Waals surface area (Å²) in [6.07, 6.45) is 0. The maximum absolute atomic E-state index is 6.99. The zero-order valence-electron chi connectivity index (χ0n) is 37.1. The summed E-state index contributed by atoms with van der Waals surface area (Å²) >= 11 is 0. The van der Waals surface area contributed by atoms with Gasteiger partial charge in [-0.05, 0) is 116 Å². The van der Waals surface area contributed by atoms with Gasteiger partial charge in [-0.15, -0.1) is 0 Å². The molecule has 3 aliphatic rings. The van der Waals surface area contributed by atoms with Gasteiger partial charge in [0.05, 0.1) is 11.1 Å². The van der Waals surface area contributed by atoms with E-state index in [4.69, 9.17) is 9.15 Å². The molecule has 1 aromatic heterocycles. The van der Waals surface area contributed by atoms with Crippen LogP contribution in [-0.4, -0.2) is 0 Å². The quantitative estimate of drug-likeness (QED) is 0.172. The number of hydrogen-bond acceptors (Lipinski definition) is 3. The summed E-state index contributed by atoms with van der Waals surface area (Å²) in [7, 11) is 0. The van der Waals surface area contributed by atoms with Crippen molar-refractivity contribution in [2.24, 2.45) is 0 Å². The molecule has 0 fully saturated rings. The van der Waals surface area contributed by atoms with E-state index >= 15 is 0 Å². The molecule has 0 unspecified atom stereocenters. The largest absolute Gasteiger partial charge is 0.457 e. The molecule has 11 aromatic rings. The van der Waals surface area contributed by atoms with Crippen molar-refractivity contribution in [1.29, 1.82) is 0 Å². The third-order valence-electron chi connectivity index (χ3n) is 15.0. The fourth-order valence-corrected chi connectivity index (χ4v) is 12.1. The smallest absolute Gasteiger partial charge is 0.136 e. The molecule has 2 heterocycles.